The van der Waals surface area contributed by atoms with Crippen molar-refractivity contribution in [3.8, 4) is 5.75 Å². The zero-order valence-corrected chi connectivity index (χ0v) is 15.0. The Hall–Kier alpha value is -2.49. The van der Waals surface area contributed by atoms with Crippen molar-refractivity contribution >= 4 is 5.91 Å². The number of hydrogen-bond acceptors (Lipinski definition) is 7. The molecule has 2 fully saturated rings. The topological polar surface area (TPSA) is 96.7 Å². The van der Waals surface area contributed by atoms with Crippen molar-refractivity contribution in [1.82, 2.24) is 20.3 Å². The minimum Gasteiger partial charge on any atom is -0.487 e. The van der Waals surface area contributed by atoms with E-state index in [0.29, 0.717) is 19.8 Å². The van der Waals surface area contributed by atoms with Crippen LogP contribution in [0.2, 0.25) is 0 Å². The SMILES string of the molecule is COCC(=O)N[C@@H]1CO[C@@H]2[C@@H]1OC[C@@H]2n1cc(COc2ccccc2)nn1. The smallest absolute Gasteiger partial charge is 0.246 e. The van der Waals surface area contributed by atoms with Crippen molar-refractivity contribution in [1.29, 1.82) is 0 Å². The number of fused-ring (bicyclic) bond motifs is 1. The van der Waals surface area contributed by atoms with Crippen molar-refractivity contribution in [3.63, 3.8) is 0 Å². The van der Waals surface area contributed by atoms with Crippen molar-refractivity contribution < 1.29 is 23.7 Å². The molecule has 9 nitrogen and oxygen atoms in total. The Kier molecular flexibility index (Phi) is 5.33. The van der Waals surface area contributed by atoms with Crippen LogP contribution >= 0.6 is 0 Å². The van der Waals surface area contributed by atoms with Crippen LogP contribution in [0.4, 0.5) is 0 Å². The number of amides is 1. The number of ether oxygens (including phenoxy) is 4. The van der Waals surface area contributed by atoms with Crippen molar-refractivity contribution in [2.75, 3.05) is 26.9 Å². The summed E-state index contributed by atoms with van der Waals surface area (Å²) in [4.78, 5) is 11.7. The Balaban J connectivity index is 1.35. The number of nitrogens with zero attached hydrogens (tertiary/aromatic N) is 3. The van der Waals surface area contributed by atoms with Gasteiger partial charge in [0.1, 0.15) is 42.9 Å². The second-order valence-electron chi connectivity index (χ2n) is 6.56. The van der Waals surface area contributed by atoms with Gasteiger partial charge in [0.2, 0.25) is 5.91 Å². The highest BCUT2D eigenvalue weighted by molar-refractivity contribution is 5.77. The van der Waals surface area contributed by atoms with Crippen LogP contribution in [0.5, 0.6) is 5.75 Å². The second-order valence-corrected chi connectivity index (χ2v) is 6.56. The molecule has 1 N–H and O–H groups in total. The van der Waals surface area contributed by atoms with E-state index in [1.807, 2.05) is 36.5 Å². The first-order valence-corrected chi connectivity index (χ1v) is 8.84. The molecule has 1 aromatic carbocycles. The van der Waals surface area contributed by atoms with Crippen molar-refractivity contribution in [3.05, 3.63) is 42.2 Å². The molecule has 0 spiro atoms. The number of hydrogen-bond donors (Lipinski definition) is 1. The van der Waals surface area contributed by atoms with Crippen LogP contribution in [-0.4, -0.2) is 66.1 Å². The van der Waals surface area contributed by atoms with E-state index in [0.717, 1.165) is 11.4 Å². The molecule has 0 aliphatic carbocycles. The summed E-state index contributed by atoms with van der Waals surface area (Å²) < 4.78 is 24.1. The number of benzene rings is 1. The summed E-state index contributed by atoms with van der Waals surface area (Å²) in [6.45, 7) is 1.21. The van der Waals surface area contributed by atoms with E-state index in [-0.39, 0.29) is 36.8 Å². The maximum absolute atomic E-state index is 11.7. The summed E-state index contributed by atoms with van der Waals surface area (Å²) in [7, 11) is 1.49. The number of carbonyl (C=O) groups excluding carboxylic acids is 1. The molecule has 2 aliphatic rings. The highest BCUT2D eigenvalue weighted by atomic mass is 16.6. The molecule has 144 valence electrons. The number of methoxy groups -OCH3 is 1. The molecule has 0 radical (unpaired) electrons. The Labute approximate surface area is 156 Å². The lowest BCUT2D eigenvalue weighted by molar-refractivity contribution is -0.126. The molecule has 9 heteroatoms. The van der Waals surface area contributed by atoms with Gasteiger partial charge in [-0.2, -0.15) is 0 Å². The third-order valence-electron chi connectivity index (χ3n) is 4.68. The van der Waals surface area contributed by atoms with Gasteiger partial charge in [-0.3, -0.25) is 4.79 Å². The Bertz CT molecular complexity index is 768. The van der Waals surface area contributed by atoms with Gasteiger partial charge in [-0.15, -0.1) is 5.10 Å². The van der Waals surface area contributed by atoms with Crippen LogP contribution in [0.1, 0.15) is 11.7 Å². The molecular weight excluding hydrogens is 352 g/mol. The lowest BCUT2D eigenvalue weighted by Gasteiger charge is -2.17. The van der Waals surface area contributed by atoms with Crippen LogP contribution in [0.15, 0.2) is 36.5 Å². The number of aromatic nitrogens is 3. The molecular formula is C18H22N4O5. The van der Waals surface area contributed by atoms with Crippen LogP contribution in [-0.2, 0) is 25.6 Å². The first-order chi connectivity index (χ1) is 13.2. The fraction of sp³-hybridized carbons (Fsp3) is 0.500. The number of rotatable bonds is 7. The monoisotopic (exact) mass is 374 g/mol. The Morgan fingerprint density at radius 2 is 2.07 bits per heavy atom. The first kappa shape index (κ1) is 17.9. The third kappa shape index (κ3) is 3.95. The summed E-state index contributed by atoms with van der Waals surface area (Å²) in [6, 6.07) is 9.29. The van der Waals surface area contributed by atoms with Crippen LogP contribution in [0.25, 0.3) is 0 Å². The standard InChI is InChI=1S/C18H22N4O5/c1-24-11-16(23)19-14-9-26-18-15(10-27-17(14)18)22-7-12(20-21-22)8-25-13-5-3-2-4-6-13/h2-7,14-15,17-18H,8-11H2,1H3,(H,19,23)/t14-,15+,17-,18+/m1/s1. The summed E-state index contributed by atoms with van der Waals surface area (Å²) in [6.07, 6.45) is 1.46. The quantitative estimate of drug-likeness (QED) is 0.746. The molecule has 2 aromatic rings. The second kappa shape index (κ2) is 8.03. The molecule has 4 rings (SSSR count). The summed E-state index contributed by atoms with van der Waals surface area (Å²) in [5.41, 5.74) is 0.727. The molecule has 3 heterocycles. The van der Waals surface area contributed by atoms with E-state index >= 15 is 0 Å². The van der Waals surface area contributed by atoms with Gasteiger partial charge in [0.25, 0.3) is 0 Å². The predicted molar refractivity (Wildman–Crippen MR) is 93.1 cm³/mol. The highest BCUT2D eigenvalue weighted by Gasteiger charge is 2.49. The third-order valence-corrected chi connectivity index (χ3v) is 4.68. The minimum absolute atomic E-state index is 0.0190. The first-order valence-electron chi connectivity index (χ1n) is 8.84. The van der Waals surface area contributed by atoms with E-state index in [1.54, 1.807) is 4.68 Å². The average molecular weight is 374 g/mol. The predicted octanol–water partition coefficient (Wildman–Crippen LogP) is 0.327. The van der Waals surface area contributed by atoms with Crippen molar-refractivity contribution in [2.45, 2.75) is 30.9 Å². The Morgan fingerprint density at radius 3 is 2.89 bits per heavy atom. The van der Waals surface area contributed by atoms with Gasteiger partial charge in [-0.1, -0.05) is 23.4 Å². The lowest BCUT2D eigenvalue weighted by atomic mass is 10.1. The molecule has 2 aliphatic heterocycles. The zero-order valence-electron chi connectivity index (χ0n) is 15.0. The largest absolute Gasteiger partial charge is 0.487 e. The van der Waals surface area contributed by atoms with E-state index in [1.165, 1.54) is 7.11 Å². The Morgan fingerprint density at radius 1 is 1.26 bits per heavy atom. The molecule has 0 unspecified atom stereocenters. The zero-order chi connectivity index (χ0) is 18.6. The van der Waals surface area contributed by atoms with Crippen LogP contribution in [0.3, 0.4) is 0 Å². The van der Waals surface area contributed by atoms with Crippen molar-refractivity contribution in [2.24, 2.45) is 0 Å². The maximum Gasteiger partial charge on any atom is 0.246 e. The molecule has 0 saturated carbocycles. The van der Waals surface area contributed by atoms with Gasteiger partial charge in [0.05, 0.1) is 25.5 Å². The number of para-hydroxylation sites is 1. The lowest BCUT2D eigenvalue weighted by Crippen LogP contribution is -2.45. The van der Waals surface area contributed by atoms with Gasteiger partial charge in [-0.05, 0) is 12.1 Å². The molecule has 4 atom stereocenters. The average Bonchev–Trinajstić information content (AvgIpc) is 3.38. The van der Waals surface area contributed by atoms with Gasteiger partial charge in [0, 0.05) is 7.11 Å². The van der Waals surface area contributed by atoms with E-state index in [2.05, 4.69) is 15.6 Å². The van der Waals surface area contributed by atoms with E-state index in [9.17, 15) is 4.79 Å². The molecule has 27 heavy (non-hydrogen) atoms. The maximum atomic E-state index is 11.7. The number of carbonyl (C=O) groups is 1. The minimum atomic E-state index is -0.205. The van der Waals surface area contributed by atoms with E-state index in [4.69, 9.17) is 18.9 Å². The summed E-state index contributed by atoms with van der Waals surface area (Å²) in [5, 5.41) is 11.3. The van der Waals surface area contributed by atoms with Crippen LogP contribution in [0, 0.1) is 0 Å². The van der Waals surface area contributed by atoms with Gasteiger partial charge >= 0.3 is 0 Å². The van der Waals surface area contributed by atoms with Crippen LogP contribution < -0.4 is 10.1 Å². The summed E-state index contributed by atoms with van der Waals surface area (Å²) >= 11 is 0. The summed E-state index contributed by atoms with van der Waals surface area (Å²) in [5.74, 6) is 0.602. The highest BCUT2D eigenvalue weighted by Crippen LogP contribution is 2.33. The molecule has 2 saturated heterocycles. The normalized spacial score (nSPS) is 26.7. The molecule has 0 bridgehead atoms. The fourth-order valence-electron chi connectivity index (χ4n) is 3.42. The molecule has 1 aromatic heterocycles. The van der Waals surface area contributed by atoms with E-state index < -0.39 is 0 Å². The van der Waals surface area contributed by atoms with Gasteiger partial charge in [0.15, 0.2) is 0 Å². The van der Waals surface area contributed by atoms with Gasteiger partial charge < -0.3 is 24.3 Å². The van der Waals surface area contributed by atoms with Gasteiger partial charge in [-0.25, -0.2) is 4.68 Å². The molecule has 1 amide bonds. The number of nitrogens with one attached hydrogen (secondary N) is 1. The fourth-order valence-corrected chi connectivity index (χ4v) is 3.42.